The standard InChI is InChI=1S/C13H16INO2S/c1-10(13(16)15-6-8-18-9-7-15)17-12-4-2-11(14)3-5-12/h2-5,10H,6-9H2,1H3. The Balaban J connectivity index is 1.92. The number of carbonyl (C=O) groups excluding carboxylic acids is 1. The van der Waals surface area contributed by atoms with E-state index in [1.807, 2.05) is 47.9 Å². The minimum atomic E-state index is -0.409. The molecule has 1 atom stereocenters. The maximum Gasteiger partial charge on any atom is 0.263 e. The Bertz CT molecular complexity index is 404. The highest BCUT2D eigenvalue weighted by Gasteiger charge is 2.23. The van der Waals surface area contributed by atoms with Gasteiger partial charge in [-0.05, 0) is 53.8 Å². The van der Waals surface area contributed by atoms with Crippen LogP contribution in [0.3, 0.4) is 0 Å². The number of benzene rings is 1. The van der Waals surface area contributed by atoms with Gasteiger partial charge in [0, 0.05) is 28.2 Å². The van der Waals surface area contributed by atoms with Gasteiger partial charge in [0.15, 0.2) is 6.10 Å². The second-order valence-corrected chi connectivity index (χ2v) is 6.62. The van der Waals surface area contributed by atoms with Crippen molar-refractivity contribution >= 4 is 40.3 Å². The monoisotopic (exact) mass is 377 g/mol. The van der Waals surface area contributed by atoms with Crippen LogP contribution >= 0.6 is 34.4 Å². The van der Waals surface area contributed by atoms with Gasteiger partial charge in [-0.2, -0.15) is 11.8 Å². The highest BCUT2D eigenvalue weighted by Crippen LogP contribution is 2.17. The lowest BCUT2D eigenvalue weighted by Gasteiger charge is -2.29. The van der Waals surface area contributed by atoms with Crippen LogP contribution in [0.5, 0.6) is 5.75 Å². The number of halogens is 1. The van der Waals surface area contributed by atoms with Gasteiger partial charge in [0.1, 0.15) is 5.75 Å². The second kappa shape index (κ2) is 6.65. The molecule has 18 heavy (non-hydrogen) atoms. The Labute approximate surface area is 125 Å². The van der Waals surface area contributed by atoms with Crippen molar-refractivity contribution in [1.29, 1.82) is 0 Å². The Kier molecular flexibility index (Phi) is 5.17. The first-order chi connectivity index (χ1) is 8.66. The molecular formula is C13H16INO2S. The van der Waals surface area contributed by atoms with E-state index >= 15 is 0 Å². The molecule has 1 aromatic carbocycles. The molecule has 0 bridgehead atoms. The molecule has 1 unspecified atom stereocenters. The van der Waals surface area contributed by atoms with Crippen molar-refractivity contribution < 1.29 is 9.53 Å². The zero-order chi connectivity index (χ0) is 13.0. The maximum atomic E-state index is 12.2. The quantitative estimate of drug-likeness (QED) is 0.759. The van der Waals surface area contributed by atoms with Crippen LogP contribution < -0.4 is 4.74 Å². The molecule has 1 aliphatic rings. The highest BCUT2D eigenvalue weighted by atomic mass is 127. The van der Waals surface area contributed by atoms with Crippen LogP contribution in [0.25, 0.3) is 0 Å². The molecule has 0 aliphatic carbocycles. The van der Waals surface area contributed by atoms with Crippen molar-refractivity contribution in [3.8, 4) is 5.75 Å². The second-order valence-electron chi connectivity index (χ2n) is 4.15. The van der Waals surface area contributed by atoms with E-state index in [9.17, 15) is 4.79 Å². The summed E-state index contributed by atoms with van der Waals surface area (Å²) in [5, 5.41) is 0. The van der Waals surface area contributed by atoms with Crippen molar-refractivity contribution in [1.82, 2.24) is 4.90 Å². The molecular weight excluding hydrogens is 361 g/mol. The predicted molar refractivity (Wildman–Crippen MR) is 83.2 cm³/mol. The summed E-state index contributed by atoms with van der Waals surface area (Å²) in [4.78, 5) is 14.1. The van der Waals surface area contributed by atoms with Crippen LogP contribution in [0.4, 0.5) is 0 Å². The molecule has 0 radical (unpaired) electrons. The summed E-state index contributed by atoms with van der Waals surface area (Å²) in [6.45, 7) is 3.50. The first kappa shape index (κ1) is 14.0. The fourth-order valence-electron chi connectivity index (χ4n) is 1.81. The summed E-state index contributed by atoms with van der Waals surface area (Å²) in [5.74, 6) is 2.90. The average molecular weight is 377 g/mol. The summed E-state index contributed by atoms with van der Waals surface area (Å²) in [6.07, 6.45) is -0.409. The van der Waals surface area contributed by atoms with Crippen LogP contribution in [-0.2, 0) is 4.79 Å². The van der Waals surface area contributed by atoms with Crippen molar-refractivity contribution in [2.75, 3.05) is 24.6 Å². The molecule has 1 aliphatic heterocycles. The van der Waals surface area contributed by atoms with Gasteiger partial charge in [-0.1, -0.05) is 0 Å². The number of thioether (sulfide) groups is 1. The smallest absolute Gasteiger partial charge is 0.263 e. The molecule has 0 N–H and O–H groups in total. The van der Waals surface area contributed by atoms with Crippen LogP contribution in [0.1, 0.15) is 6.92 Å². The molecule has 1 aromatic rings. The van der Waals surface area contributed by atoms with Gasteiger partial charge in [-0.25, -0.2) is 0 Å². The molecule has 5 heteroatoms. The molecule has 98 valence electrons. The topological polar surface area (TPSA) is 29.5 Å². The Hall–Kier alpha value is -0.430. The van der Waals surface area contributed by atoms with Crippen LogP contribution in [0.2, 0.25) is 0 Å². The summed E-state index contributed by atoms with van der Waals surface area (Å²) in [7, 11) is 0. The van der Waals surface area contributed by atoms with E-state index in [1.54, 1.807) is 0 Å². The van der Waals surface area contributed by atoms with Gasteiger partial charge in [0.05, 0.1) is 0 Å². The number of carbonyl (C=O) groups is 1. The molecule has 3 nitrogen and oxygen atoms in total. The third kappa shape index (κ3) is 3.78. The first-order valence-electron chi connectivity index (χ1n) is 5.95. The number of amides is 1. The average Bonchev–Trinajstić information content (AvgIpc) is 2.41. The van der Waals surface area contributed by atoms with Gasteiger partial charge >= 0.3 is 0 Å². The molecule has 0 spiro atoms. The van der Waals surface area contributed by atoms with Crippen molar-refractivity contribution in [2.24, 2.45) is 0 Å². The molecule has 1 heterocycles. The van der Waals surface area contributed by atoms with Gasteiger partial charge in [-0.15, -0.1) is 0 Å². The van der Waals surface area contributed by atoms with Crippen molar-refractivity contribution in [3.05, 3.63) is 27.8 Å². The number of hydrogen-bond acceptors (Lipinski definition) is 3. The van der Waals surface area contributed by atoms with E-state index in [1.165, 1.54) is 0 Å². The number of rotatable bonds is 3. The molecule has 1 amide bonds. The third-order valence-electron chi connectivity index (χ3n) is 2.80. The zero-order valence-electron chi connectivity index (χ0n) is 10.3. The minimum Gasteiger partial charge on any atom is -0.481 e. The van der Waals surface area contributed by atoms with Crippen LogP contribution in [0.15, 0.2) is 24.3 Å². The first-order valence-corrected chi connectivity index (χ1v) is 8.19. The third-order valence-corrected chi connectivity index (χ3v) is 4.46. The lowest BCUT2D eigenvalue weighted by atomic mass is 10.3. The Morgan fingerprint density at radius 2 is 1.94 bits per heavy atom. The van der Waals surface area contributed by atoms with E-state index in [0.717, 1.165) is 33.9 Å². The fourth-order valence-corrected chi connectivity index (χ4v) is 3.07. The van der Waals surface area contributed by atoms with Gasteiger partial charge in [-0.3, -0.25) is 4.79 Å². The van der Waals surface area contributed by atoms with E-state index in [0.29, 0.717) is 0 Å². The zero-order valence-corrected chi connectivity index (χ0v) is 13.2. The summed E-state index contributed by atoms with van der Waals surface area (Å²) in [5.41, 5.74) is 0. The van der Waals surface area contributed by atoms with Crippen molar-refractivity contribution in [2.45, 2.75) is 13.0 Å². The highest BCUT2D eigenvalue weighted by molar-refractivity contribution is 14.1. The lowest BCUT2D eigenvalue weighted by Crippen LogP contribution is -2.44. The largest absolute Gasteiger partial charge is 0.481 e. The molecule has 2 rings (SSSR count). The van der Waals surface area contributed by atoms with Gasteiger partial charge in [0.2, 0.25) is 0 Å². The molecule has 1 saturated heterocycles. The predicted octanol–water partition coefficient (Wildman–Crippen LogP) is 2.63. The van der Waals surface area contributed by atoms with E-state index < -0.39 is 6.10 Å². The normalized spacial score (nSPS) is 17.3. The number of nitrogens with zero attached hydrogens (tertiary/aromatic N) is 1. The summed E-state index contributed by atoms with van der Waals surface area (Å²) in [6, 6.07) is 7.75. The van der Waals surface area contributed by atoms with Crippen LogP contribution in [0, 0.1) is 3.57 Å². The number of hydrogen-bond donors (Lipinski definition) is 0. The Morgan fingerprint density at radius 3 is 2.56 bits per heavy atom. The lowest BCUT2D eigenvalue weighted by molar-refractivity contribution is -0.137. The summed E-state index contributed by atoms with van der Waals surface area (Å²) < 4.78 is 6.84. The molecule has 0 aromatic heterocycles. The number of ether oxygens (including phenoxy) is 1. The minimum absolute atomic E-state index is 0.0915. The van der Waals surface area contributed by atoms with Gasteiger partial charge < -0.3 is 9.64 Å². The van der Waals surface area contributed by atoms with E-state index in [4.69, 9.17) is 4.74 Å². The summed E-state index contributed by atoms with van der Waals surface area (Å²) >= 11 is 4.14. The van der Waals surface area contributed by atoms with E-state index in [2.05, 4.69) is 22.6 Å². The SMILES string of the molecule is CC(Oc1ccc(I)cc1)C(=O)N1CCSCC1. The fraction of sp³-hybridized carbons (Fsp3) is 0.462. The van der Waals surface area contributed by atoms with Gasteiger partial charge in [0.25, 0.3) is 5.91 Å². The van der Waals surface area contributed by atoms with Crippen LogP contribution in [-0.4, -0.2) is 41.5 Å². The maximum absolute atomic E-state index is 12.2. The Morgan fingerprint density at radius 1 is 1.33 bits per heavy atom. The molecule has 0 saturated carbocycles. The van der Waals surface area contributed by atoms with Crippen molar-refractivity contribution in [3.63, 3.8) is 0 Å². The molecule has 1 fully saturated rings. The van der Waals surface area contributed by atoms with E-state index in [-0.39, 0.29) is 5.91 Å².